The van der Waals surface area contributed by atoms with Gasteiger partial charge in [0, 0.05) is 37.8 Å². The van der Waals surface area contributed by atoms with Crippen molar-refractivity contribution in [3.8, 4) is 5.75 Å². The van der Waals surface area contributed by atoms with Gasteiger partial charge in [0.15, 0.2) is 6.61 Å². The highest BCUT2D eigenvalue weighted by Crippen LogP contribution is 2.21. The van der Waals surface area contributed by atoms with E-state index in [2.05, 4.69) is 15.4 Å². The molecule has 1 aliphatic rings. The molecule has 0 saturated carbocycles. The summed E-state index contributed by atoms with van der Waals surface area (Å²) in [5.74, 6) is 0.161. The van der Waals surface area contributed by atoms with E-state index in [0.717, 1.165) is 24.1 Å². The Labute approximate surface area is 172 Å². The van der Waals surface area contributed by atoms with Crippen molar-refractivity contribution in [1.82, 2.24) is 10.2 Å². The number of rotatable bonds is 7. The molecule has 1 saturated heterocycles. The van der Waals surface area contributed by atoms with E-state index in [4.69, 9.17) is 0 Å². The van der Waals surface area contributed by atoms with Gasteiger partial charge in [-0.2, -0.15) is 13.2 Å². The lowest BCUT2D eigenvalue weighted by Gasteiger charge is -2.16. The largest absolute Gasteiger partial charge is 0.484 e. The van der Waals surface area contributed by atoms with E-state index in [1.807, 2.05) is 29.2 Å². The lowest BCUT2D eigenvalue weighted by Crippen LogP contribution is -2.28. The Morgan fingerprint density at radius 1 is 1.10 bits per heavy atom. The van der Waals surface area contributed by atoms with Crippen molar-refractivity contribution in [2.75, 3.05) is 18.5 Å². The molecule has 9 heteroatoms. The molecule has 1 aliphatic heterocycles. The number of anilines is 1. The van der Waals surface area contributed by atoms with E-state index >= 15 is 0 Å². The molecule has 0 bridgehead atoms. The predicted molar refractivity (Wildman–Crippen MR) is 105 cm³/mol. The first-order chi connectivity index (χ1) is 14.3. The maximum Gasteiger partial charge on any atom is 0.422 e. The Hall–Kier alpha value is -3.23. The van der Waals surface area contributed by atoms with Gasteiger partial charge in [-0.25, -0.2) is 4.79 Å². The van der Waals surface area contributed by atoms with Crippen LogP contribution in [0.5, 0.6) is 5.75 Å². The van der Waals surface area contributed by atoms with Gasteiger partial charge in [0.1, 0.15) is 5.75 Å². The number of nitrogens with one attached hydrogen (secondary N) is 2. The summed E-state index contributed by atoms with van der Waals surface area (Å²) in [5, 5.41) is 5.27. The summed E-state index contributed by atoms with van der Waals surface area (Å²) in [6.07, 6.45) is -2.97. The molecule has 0 spiro atoms. The Morgan fingerprint density at radius 3 is 2.60 bits per heavy atom. The SMILES string of the molecule is O=C(NCc1cccc(CN2CCCC2=O)c1)Nc1cccc(OCC(F)(F)F)c1. The molecule has 0 atom stereocenters. The molecule has 6 nitrogen and oxygen atoms in total. The van der Waals surface area contributed by atoms with E-state index in [0.29, 0.717) is 18.7 Å². The number of urea groups is 1. The van der Waals surface area contributed by atoms with Crippen LogP contribution in [-0.4, -0.2) is 36.2 Å². The molecule has 3 amide bonds. The highest BCUT2D eigenvalue weighted by Gasteiger charge is 2.28. The first kappa shape index (κ1) is 21.5. The molecule has 2 N–H and O–H groups in total. The van der Waals surface area contributed by atoms with E-state index in [1.54, 1.807) is 6.07 Å². The monoisotopic (exact) mass is 421 g/mol. The molecule has 30 heavy (non-hydrogen) atoms. The van der Waals surface area contributed by atoms with Crippen LogP contribution in [0.15, 0.2) is 48.5 Å². The van der Waals surface area contributed by atoms with Crippen LogP contribution >= 0.6 is 0 Å². The average molecular weight is 421 g/mol. The summed E-state index contributed by atoms with van der Waals surface area (Å²) in [7, 11) is 0. The van der Waals surface area contributed by atoms with Crippen LogP contribution in [0.4, 0.5) is 23.7 Å². The zero-order chi connectivity index (χ0) is 21.6. The van der Waals surface area contributed by atoms with Crippen LogP contribution in [0.3, 0.4) is 0 Å². The highest BCUT2D eigenvalue weighted by molar-refractivity contribution is 5.89. The van der Waals surface area contributed by atoms with Crippen molar-refractivity contribution in [3.63, 3.8) is 0 Å². The first-order valence-electron chi connectivity index (χ1n) is 9.48. The minimum absolute atomic E-state index is 0.00860. The predicted octanol–water partition coefficient (Wildman–Crippen LogP) is 4.07. The summed E-state index contributed by atoms with van der Waals surface area (Å²) in [6, 6.07) is 12.8. The van der Waals surface area contributed by atoms with E-state index in [9.17, 15) is 22.8 Å². The third-order valence-electron chi connectivity index (χ3n) is 4.48. The Kier molecular flexibility index (Phi) is 6.81. The fraction of sp³-hybridized carbons (Fsp3) is 0.333. The fourth-order valence-electron chi connectivity index (χ4n) is 3.12. The molecule has 0 aromatic heterocycles. The number of likely N-dealkylation sites (tertiary alicyclic amines) is 1. The molecule has 2 aromatic carbocycles. The smallest absolute Gasteiger partial charge is 0.422 e. The van der Waals surface area contributed by atoms with Crippen molar-refractivity contribution in [2.45, 2.75) is 32.1 Å². The Balaban J connectivity index is 1.50. The number of hydrogen-bond donors (Lipinski definition) is 2. The summed E-state index contributed by atoms with van der Waals surface area (Å²) >= 11 is 0. The Morgan fingerprint density at radius 2 is 1.87 bits per heavy atom. The van der Waals surface area contributed by atoms with Crippen molar-refractivity contribution < 1.29 is 27.5 Å². The van der Waals surface area contributed by atoms with E-state index < -0.39 is 18.8 Å². The summed E-state index contributed by atoms with van der Waals surface area (Å²) in [5.41, 5.74) is 2.17. The number of carbonyl (C=O) groups is 2. The third-order valence-corrected chi connectivity index (χ3v) is 4.48. The second-order valence-electron chi connectivity index (χ2n) is 6.98. The van der Waals surface area contributed by atoms with Gasteiger partial charge in [0.2, 0.25) is 5.91 Å². The zero-order valence-electron chi connectivity index (χ0n) is 16.2. The summed E-state index contributed by atoms with van der Waals surface area (Å²) in [6.45, 7) is 0.166. The summed E-state index contributed by atoms with van der Waals surface area (Å²) < 4.78 is 41.4. The van der Waals surface area contributed by atoms with Gasteiger partial charge >= 0.3 is 12.2 Å². The molecule has 160 valence electrons. The Bertz CT molecular complexity index is 902. The summed E-state index contributed by atoms with van der Waals surface area (Å²) in [4.78, 5) is 25.7. The van der Waals surface area contributed by atoms with E-state index in [1.165, 1.54) is 18.2 Å². The minimum atomic E-state index is -4.43. The van der Waals surface area contributed by atoms with Crippen LogP contribution in [0, 0.1) is 0 Å². The van der Waals surface area contributed by atoms with Crippen LogP contribution in [0.1, 0.15) is 24.0 Å². The van der Waals surface area contributed by atoms with Gasteiger partial charge in [0.25, 0.3) is 0 Å². The zero-order valence-corrected chi connectivity index (χ0v) is 16.2. The fourth-order valence-corrected chi connectivity index (χ4v) is 3.12. The van der Waals surface area contributed by atoms with E-state index in [-0.39, 0.29) is 18.2 Å². The number of alkyl halides is 3. The maximum absolute atomic E-state index is 12.3. The van der Waals surface area contributed by atoms with Gasteiger partial charge < -0.3 is 20.3 Å². The van der Waals surface area contributed by atoms with Gasteiger partial charge in [-0.3, -0.25) is 4.79 Å². The van der Waals surface area contributed by atoms with Gasteiger partial charge in [-0.1, -0.05) is 30.3 Å². The number of carbonyl (C=O) groups excluding carboxylic acids is 2. The van der Waals surface area contributed by atoms with Gasteiger partial charge in [-0.15, -0.1) is 0 Å². The highest BCUT2D eigenvalue weighted by atomic mass is 19.4. The van der Waals surface area contributed by atoms with Crippen molar-refractivity contribution in [1.29, 1.82) is 0 Å². The molecule has 1 fully saturated rings. The quantitative estimate of drug-likeness (QED) is 0.708. The molecule has 3 rings (SSSR count). The lowest BCUT2D eigenvalue weighted by molar-refractivity contribution is -0.153. The normalized spacial score (nSPS) is 14.0. The van der Waals surface area contributed by atoms with Crippen LogP contribution in [-0.2, 0) is 17.9 Å². The molecule has 2 aromatic rings. The molecule has 1 heterocycles. The number of hydrogen-bond acceptors (Lipinski definition) is 3. The number of nitrogens with zero attached hydrogens (tertiary/aromatic N) is 1. The number of benzene rings is 2. The molecule has 0 unspecified atom stereocenters. The van der Waals surface area contributed by atoms with Gasteiger partial charge in [0.05, 0.1) is 0 Å². The van der Waals surface area contributed by atoms with Crippen LogP contribution < -0.4 is 15.4 Å². The van der Waals surface area contributed by atoms with Crippen molar-refractivity contribution in [3.05, 3.63) is 59.7 Å². The molecular formula is C21H22F3N3O3. The number of halogens is 3. The van der Waals surface area contributed by atoms with Crippen LogP contribution in [0.2, 0.25) is 0 Å². The second-order valence-corrected chi connectivity index (χ2v) is 6.98. The average Bonchev–Trinajstić information content (AvgIpc) is 3.09. The molecule has 0 radical (unpaired) electrons. The van der Waals surface area contributed by atoms with Crippen molar-refractivity contribution >= 4 is 17.6 Å². The third kappa shape index (κ3) is 6.68. The topological polar surface area (TPSA) is 70.7 Å². The molecular weight excluding hydrogens is 399 g/mol. The standard InChI is InChI=1S/C21H22F3N3O3/c22-21(23,24)14-30-18-7-2-6-17(11-18)26-20(29)25-12-15-4-1-5-16(10-15)13-27-9-3-8-19(27)28/h1-2,4-7,10-11H,3,8-9,12-14H2,(H2,25,26,29). The van der Waals surface area contributed by atoms with Crippen LogP contribution in [0.25, 0.3) is 0 Å². The first-order valence-corrected chi connectivity index (χ1v) is 9.48. The maximum atomic E-state index is 12.3. The minimum Gasteiger partial charge on any atom is -0.484 e. The molecule has 0 aliphatic carbocycles. The van der Waals surface area contributed by atoms with Gasteiger partial charge in [-0.05, 0) is 29.7 Å². The number of amides is 3. The van der Waals surface area contributed by atoms with Crippen molar-refractivity contribution in [2.24, 2.45) is 0 Å². The number of ether oxygens (including phenoxy) is 1. The second kappa shape index (κ2) is 9.51. The lowest BCUT2D eigenvalue weighted by atomic mass is 10.1.